The Hall–Kier alpha value is -2.28. The van der Waals surface area contributed by atoms with Gasteiger partial charge in [-0.15, -0.1) is 0 Å². The highest BCUT2D eigenvalue weighted by atomic mass is 16.5. The van der Waals surface area contributed by atoms with Crippen LogP contribution in [0.5, 0.6) is 0 Å². The molecule has 0 unspecified atom stereocenters. The van der Waals surface area contributed by atoms with Crippen molar-refractivity contribution >= 4 is 5.91 Å². The Morgan fingerprint density at radius 1 is 1.32 bits per heavy atom. The molecule has 0 saturated carbocycles. The van der Waals surface area contributed by atoms with Gasteiger partial charge in [0.1, 0.15) is 5.54 Å². The van der Waals surface area contributed by atoms with E-state index in [0.29, 0.717) is 43.5 Å². The number of nitrogens with one attached hydrogen (secondary N) is 2. The summed E-state index contributed by atoms with van der Waals surface area (Å²) in [6.07, 6.45) is 7.73. The summed E-state index contributed by atoms with van der Waals surface area (Å²) in [7, 11) is 0. The fourth-order valence-electron chi connectivity index (χ4n) is 3.80. The lowest BCUT2D eigenvalue weighted by molar-refractivity contribution is 0.0311. The van der Waals surface area contributed by atoms with E-state index in [9.17, 15) is 4.79 Å². The SMILES string of the molecule is C[C@H]1CCc2[nH]nc(C(=O)NC3(c4ncccn4)CCOCC3)c2C1. The molecule has 0 spiro atoms. The van der Waals surface area contributed by atoms with E-state index in [-0.39, 0.29) is 5.91 Å². The van der Waals surface area contributed by atoms with Crippen LogP contribution in [0, 0.1) is 5.92 Å². The molecule has 1 aliphatic heterocycles. The van der Waals surface area contributed by atoms with Crippen molar-refractivity contribution in [1.29, 1.82) is 0 Å². The summed E-state index contributed by atoms with van der Waals surface area (Å²) in [4.78, 5) is 21.8. The Morgan fingerprint density at radius 2 is 2.08 bits per heavy atom. The van der Waals surface area contributed by atoms with Crippen molar-refractivity contribution in [3.05, 3.63) is 41.2 Å². The van der Waals surface area contributed by atoms with Crippen LogP contribution < -0.4 is 5.32 Å². The van der Waals surface area contributed by atoms with Gasteiger partial charge < -0.3 is 10.1 Å². The standard InChI is InChI=1S/C18H23N5O2/c1-12-3-4-14-13(11-12)15(23-22-14)16(24)21-18(5-9-25-10-6-18)17-19-7-2-8-20-17/h2,7-8,12H,3-6,9-11H2,1H3,(H,21,24)(H,22,23)/t12-/m0/s1. The monoisotopic (exact) mass is 341 g/mol. The Morgan fingerprint density at radius 3 is 2.84 bits per heavy atom. The van der Waals surface area contributed by atoms with Gasteiger partial charge >= 0.3 is 0 Å². The molecule has 2 aromatic heterocycles. The minimum absolute atomic E-state index is 0.152. The molecule has 2 aliphatic rings. The third-order valence-corrected chi connectivity index (χ3v) is 5.30. The summed E-state index contributed by atoms with van der Waals surface area (Å²) in [6.45, 7) is 3.37. The molecule has 4 rings (SSSR count). The number of hydrogen-bond acceptors (Lipinski definition) is 5. The summed E-state index contributed by atoms with van der Waals surface area (Å²) < 4.78 is 5.49. The van der Waals surface area contributed by atoms with Gasteiger partial charge in [0.2, 0.25) is 0 Å². The molecule has 0 bridgehead atoms. The normalized spacial score (nSPS) is 22.2. The quantitative estimate of drug-likeness (QED) is 0.887. The molecule has 0 aromatic carbocycles. The Bertz CT molecular complexity index is 752. The second-order valence-corrected chi connectivity index (χ2v) is 7.10. The number of aryl methyl sites for hydroxylation is 1. The van der Waals surface area contributed by atoms with Gasteiger partial charge in [-0.1, -0.05) is 6.92 Å². The molecule has 25 heavy (non-hydrogen) atoms. The number of carbonyl (C=O) groups is 1. The zero-order valence-electron chi connectivity index (χ0n) is 14.4. The molecule has 1 atom stereocenters. The van der Waals surface area contributed by atoms with Crippen molar-refractivity contribution in [3.63, 3.8) is 0 Å². The number of aromatic amines is 1. The van der Waals surface area contributed by atoms with Crippen LogP contribution in [-0.4, -0.2) is 39.3 Å². The average Bonchev–Trinajstić information content (AvgIpc) is 3.06. The number of H-pyrrole nitrogens is 1. The molecule has 2 N–H and O–H groups in total. The van der Waals surface area contributed by atoms with Gasteiger partial charge in [-0.05, 0) is 31.2 Å². The topological polar surface area (TPSA) is 92.8 Å². The van der Waals surface area contributed by atoms with Crippen LogP contribution in [0.25, 0.3) is 0 Å². The number of hydrogen-bond donors (Lipinski definition) is 2. The summed E-state index contributed by atoms with van der Waals surface area (Å²) in [5, 5.41) is 10.6. The molecule has 0 radical (unpaired) electrons. The third kappa shape index (κ3) is 3.04. The van der Waals surface area contributed by atoms with Crippen LogP contribution in [0.15, 0.2) is 18.5 Å². The van der Waals surface area contributed by atoms with Crippen LogP contribution in [0.2, 0.25) is 0 Å². The largest absolute Gasteiger partial charge is 0.381 e. The smallest absolute Gasteiger partial charge is 0.272 e. The lowest BCUT2D eigenvalue weighted by Gasteiger charge is -2.36. The number of rotatable bonds is 3. The minimum atomic E-state index is -0.595. The second-order valence-electron chi connectivity index (χ2n) is 7.10. The maximum Gasteiger partial charge on any atom is 0.272 e. The molecular formula is C18H23N5O2. The first kappa shape index (κ1) is 16.2. The van der Waals surface area contributed by atoms with Gasteiger partial charge in [0.05, 0.1) is 0 Å². The van der Waals surface area contributed by atoms with Crippen LogP contribution in [0.4, 0.5) is 0 Å². The van der Waals surface area contributed by atoms with E-state index >= 15 is 0 Å². The lowest BCUT2D eigenvalue weighted by Crippen LogP contribution is -2.50. The first-order valence-electron chi connectivity index (χ1n) is 8.92. The molecule has 1 saturated heterocycles. The van der Waals surface area contributed by atoms with E-state index < -0.39 is 5.54 Å². The summed E-state index contributed by atoms with van der Waals surface area (Å²) >= 11 is 0. The molecule has 1 amide bonds. The molecular weight excluding hydrogens is 318 g/mol. The van der Waals surface area contributed by atoms with Gasteiger partial charge in [-0.2, -0.15) is 5.10 Å². The zero-order chi connectivity index (χ0) is 17.3. The molecule has 7 nitrogen and oxygen atoms in total. The van der Waals surface area contributed by atoms with Crippen LogP contribution >= 0.6 is 0 Å². The highest BCUT2D eigenvalue weighted by molar-refractivity contribution is 5.94. The maximum absolute atomic E-state index is 13.0. The number of fused-ring (bicyclic) bond motifs is 1. The first-order chi connectivity index (χ1) is 12.2. The highest BCUT2D eigenvalue weighted by Crippen LogP contribution is 2.31. The van der Waals surface area contributed by atoms with E-state index in [4.69, 9.17) is 4.74 Å². The number of amides is 1. The fraction of sp³-hybridized carbons (Fsp3) is 0.556. The number of ether oxygens (including phenoxy) is 1. The zero-order valence-corrected chi connectivity index (χ0v) is 14.4. The Kier molecular flexibility index (Phi) is 4.25. The van der Waals surface area contributed by atoms with Crippen molar-refractivity contribution in [3.8, 4) is 0 Å². The number of carbonyl (C=O) groups excluding carboxylic acids is 1. The van der Waals surface area contributed by atoms with Gasteiger partial charge in [-0.3, -0.25) is 9.89 Å². The van der Waals surface area contributed by atoms with Crippen molar-refractivity contribution in [1.82, 2.24) is 25.5 Å². The van der Waals surface area contributed by atoms with Crippen LogP contribution in [0.3, 0.4) is 0 Å². The predicted molar refractivity (Wildman–Crippen MR) is 91.0 cm³/mol. The lowest BCUT2D eigenvalue weighted by atomic mass is 9.86. The average molecular weight is 341 g/mol. The van der Waals surface area contributed by atoms with E-state index in [1.54, 1.807) is 18.5 Å². The minimum Gasteiger partial charge on any atom is -0.381 e. The highest BCUT2D eigenvalue weighted by Gasteiger charge is 2.40. The summed E-state index contributed by atoms with van der Waals surface area (Å²) in [6, 6.07) is 1.78. The molecule has 1 aliphatic carbocycles. The van der Waals surface area contributed by atoms with Gasteiger partial charge in [-0.25, -0.2) is 9.97 Å². The number of aromatic nitrogens is 4. The molecule has 132 valence electrons. The van der Waals surface area contributed by atoms with Gasteiger partial charge in [0.25, 0.3) is 5.91 Å². The molecule has 3 heterocycles. The van der Waals surface area contributed by atoms with E-state index in [1.807, 2.05) is 0 Å². The Balaban J connectivity index is 1.63. The van der Waals surface area contributed by atoms with Gasteiger partial charge in [0, 0.05) is 49.7 Å². The van der Waals surface area contributed by atoms with Crippen molar-refractivity contribution < 1.29 is 9.53 Å². The first-order valence-corrected chi connectivity index (χ1v) is 8.92. The van der Waals surface area contributed by atoms with Crippen molar-refractivity contribution in [2.75, 3.05) is 13.2 Å². The third-order valence-electron chi connectivity index (χ3n) is 5.30. The fourth-order valence-corrected chi connectivity index (χ4v) is 3.80. The van der Waals surface area contributed by atoms with Crippen molar-refractivity contribution in [2.24, 2.45) is 5.92 Å². The molecule has 1 fully saturated rings. The van der Waals surface area contributed by atoms with Crippen LogP contribution in [0.1, 0.15) is 53.8 Å². The molecule has 7 heteroatoms. The van der Waals surface area contributed by atoms with E-state index in [2.05, 4.69) is 32.4 Å². The maximum atomic E-state index is 13.0. The van der Waals surface area contributed by atoms with Crippen LogP contribution in [-0.2, 0) is 23.1 Å². The van der Waals surface area contributed by atoms with Crippen molar-refractivity contribution in [2.45, 2.75) is 44.6 Å². The summed E-state index contributed by atoms with van der Waals surface area (Å²) in [5.74, 6) is 1.07. The number of nitrogens with zero attached hydrogens (tertiary/aromatic N) is 3. The van der Waals surface area contributed by atoms with E-state index in [1.165, 1.54) is 0 Å². The predicted octanol–water partition coefficient (Wildman–Crippen LogP) is 1.76. The summed E-state index contributed by atoms with van der Waals surface area (Å²) in [5.41, 5.74) is 2.08. The molecule has 2 aromatic rings. The Labute approximate surface area is 146 Å². The van der Waals surface area contributed by atoms with E-state index in [0.717, 1.165) is 30.5 Å². The second kappa shape index (κ2) is 6.55. The van der Waals surface area contributed by atoms with Gasteiger partial charge in [0.15, 0.2) is 11.5 Å².